The molecule has 0 aromatic heterocycles. The van der Waals surface area contributed by atoms with Crippen LogP contribution >= 0.6 is 0 Å². The standard InChI is InChI=1S/C22H24O5/c1-14(2)12-19-18(9-8-15(23)13-22(3)26-10-11-27-22)20(24)16-6-4-5-7-17(16)21(19)25/h4-7H,1,8-13H2,2-3H3. The van der Waals surface area contributed by atoms with Gasteiger partial charge in [-0.2, -0.15) is 0 Å². The maximum absolute atomic E-state index is 13.0. The van der Waals surface area contributed by atoms with Gasteiger partial charge < -0.3 is 9.47 Å². The third kappa shape index (κ3) is 4.15. The maximum atomic E-state index is 13.0. The van der Waals surface area contributed by atoms with Crippen LogP contribution in [0, 0.1) is 0 Å². The Hall–Kier alpha value is -2.37. The number of hydrogen-bond donors (Lipinski definition) is 0. The lowest BCUT2D eigenvalue weighted by atomic mass is 9.80. The average Bonchev–Trinajstić information content (AvgIpc) is 3.04. The van der Waals surface area contributed by atoms with Gasteiger partial charge in [-0.3, -0.25) is 14.4 Å². The van der Waals surface area contributed by atoms with Gasteiger partial charge in [0.25, 0.3) is 0 Å². The summed E-state index contributed by atoms with van der Waals surface area (Å²) in [5.74, 6) is -1.26. The lowest BCUT2D eigenvalue weighted by Crippen LogP contribution is -2.29. The van der Waals surface area contributed by atoms with E-state index in [4.69, 9.17) is 9.47 Å². The first kappa shape index (κ1) is 19.4. The zero-order valence-corrected chi connectivity index (χ0v) is 15.8. The minimum atomic E-state index is -0.884. The highest BCUT2D eigenvalue weighted by Crippen LogP contribution is 2.32. The first-order chi connectivity index (χ1) is 12.8. The molecule has 5 nitrogen and oxygen atoms in total. The van der Waals surface area contributed by atoms with Crippen LogP contribution in [0.2, 0.25) is 0 Å². The number of hydrogen-bond acceptors (Lipinski definition) is 5. The third-order valence-electron chi connectivity index (χ3n) is 4.88. The fraction of sp³-hybridized carbons (Fsp3) is 0.409. The SMILES string of the molecule is C=C(C)CC1=C(CCC(=O)CC2(C)OCCO2)C(=O)c2ccccc2C1=O. The molecule has 1 heterocycles. The van der Waals surface area contributed by atoms with Gasteiger partial charge in [-0.25, -0.2) is 0 Å². The summed E-state index contributed by atoms with van der Waals surface area (Å²) in [5, 5.41) is 0. The van der Waals surface area contributed by atoms with Crippen molar-refractivity contribution in [2.75, 3.05) is 13.2 Å². The van der Waals surface area contributed by atoms with Crippen LogP contribution in [0.3, 0.4) is 0 Å². The summed E-state index contributed by atoms with van der Waals surface area (Å²) < 4.78 is 10.9. The minimum Gasteiger partial charge on any atom is -0.347 e. The van der Waals surface area contributed by atoms with E-state index in [1.165, 1.54) is 0 Å². The Kier molecular flexibility index (Phi) is 5.53. The van der Waals surface area contributed by atoms with Crippen molar-refractivity contribution in [1.82, 2.24) is 0 Å². The predicted molar refractivity (Wildman–Crippen MR) is 101 cm³/mol. The highest BCUT2D eigenvalue weighted by molar-refractivity contribution is 6.27. The monoisotopic (exact) mass is 368 g/mol. The smallest absolute Gasteiger partial charge is 0.190 e. The molecule has 0 unspecified atom stereocenters. The Labute approximate surface area is 159 Å². The quantitative estimate of drug-likeness (QED) is 0.684. The summed E-state index contributed by atoms with van der Waals surface area (Å²) in [5.41, 5.74) is 2.51. The van der Waals surface area contributed by atoms with Crippen LogP contribution in [0.4, 0.5) is 0 Å². The van der Waals surface area contributed by atoms with Crippen LogP contribution in [0.1, 0.15) is 60.2 Å². The fourth-order valence-corrected chi connectivity index (χ4v) is 3.60. The molecule has 5 heteroatoms. The van der Waals surface area contributed by atoms with E-state index in [2.05, 4.69) is 6.58 Å². The molecule has 0 saturated carbocycles. The second kappa shape index (κ2) is 7.71. The Morgan fingerprint density at radius 2 is 1.63 bits per heavy atom. The molecule has 0 spiro atoms. The van der Waals surface area contributed by atoms with E-state index in [1.54, 1.807) is 31.2 Å². The number of benzene rings is 1. The van der Waals surface area contributed by atoms with Crippen LogP contribution in [0.5, 0.6) is 0 Å². The van der Waals surface area contributed by atoms with Gasteiger partial charge in [-0.15, -0.1) is 0 Å². The first-order valence-corrected chi connectivity index (χ1v) is 9.15. The first-order valence-electron chi connectivity index (χ1n) is 9.15. The number of fused-ring (bicyclic) bond motifs is 1. The van der Waals surface area contributed by atoms with Crippen molar-refractivity contribution >= 4 is 17.3 Å². The summed E-state index contributed by atoms with van der Waals surface area (Å²) in [6, 6.07) is 6.83. The largest absolute Gasteiger partial charge is 0.347 e. The van der Waals surface area contributed by atoms with Crippen LogP contribution < -0.4 is 0 Å². The van der Waals surface area contributed by atoms with E-state index in [0.717, 1.165) is 5.57 Å². The molecular weight excluding hydrogens is 344 g/mol. The van der Waals surface area contributed by atoms with Crippen molar-refractivity contribution in [3.8, 4) is 0 Å². The third-order valence-corrected chi connectivity index (χ3v) is 4.88. The van der Waals surface area contributed by atoms with Crippen LogP contribution in [0.25, 0.3) is 0 Å². The van der Waals surface area contributed by atoms with E-state index in [1.807, 2.05) is 6.92 Å². The molecule has 1 aliphatic heterocycles. The van der Waals surface area contributed by atoms with Gasteiger partial charge >= 0.3 is 0 Å². The number of carbonyl (C=O) groups is 3. The van der Waals surface area contributed by atoms with E-state index < -0.39 is 5.79 Å². The molecule has 1 saturated heterocycles. The highest BCUT2D eigenvalue weighted by Gasteiger charge is 2.35. The fourth-order valence-electron chi connectivity index (χ4n) is 3.60. The van der Waals surface area contributed by atoms with Crippen LogP contribution in [-0.2, 0) is 14.3 Å². The van der Waals surface area contributed by atoms with Gasteiger partial charge in [-0.1, -0.05) is 36.4 Å². The molecule has 27 heavy (non-hydrogen) atoms. The van der Waals surface area contributed by atoms with Crippen molar-refractivity contribution < 1.29 is 23.9 Å². The second-order valence-corrected chi connectivity index (χ2v) is 7.34. The molecule has 142 valence electrons. The molecule has 1 aromatic carbocycles. The summed E-state index contributed by atoms with van der Waals surface area (Å²) in [6.45, 7) is 8.39. The minimum absolute atomic E-state index is 0.0549. The van der Waals surface area contributed by atoms with Gasteiger partial charge in [-0.05, 0) is 26.7 Å². The van der Waals surface area contributed by atoms with E-state index in [-0.39, 0.29) is 36.6 Å². The molecule has 0 amide bonds. The zero-order chi connectivity index (χ0) is 19.6. The summed E-state index contributed by atoms with van der Waals surface area (Å²) in [7, 11) is 0. The lowest BCUT2D eigenvalue weighted by Gasteiger charge is -2.23. The molecule has 1 aromatic rings. The topological polar surface area (TPSA) is 69.7 Å². The normalized spacial score (nSPS) is 18.6. The van der Waals surface area contributed by atoms with Gasteiger partial charge in [0.2, 0.25) is 0 Å². The van der Waals surface area contributed by atoms with E-state index >= 15 is 0 Å². The molecule has 0 N–H and O–H groups in total. The number of carbonyl (C=O) groups excluding carboxylic acids is 3. The molecule has 1 fully saturated rings. The van der Waals surface area contributed by atoms with Gasteiger partial charge in [0, 0.05) is 28.7 Å². The van der Waals surface area contributed by atoms with E-state index in [0.29, 0.717) is 41.9 Å². The number of rotatable bonds is 7. The molecule has 0 atom stereocenters. The molecule has 1 aliphatic carbocycles. The highest BCUT2D eigenvalue weighted by atomic mass is 16.7. The lowest BCUT2D eigenvalue weighted by molar-refractivity contribution is -0.158. The second-order valence-electron chi connectivity index (χ2n) is 7.34. The molecule has 0 bridgehead atoms. The van der Waals surface area contributed by atoms with Crippen molar-refractivity contribution in [2.24, 2.45) is 0 Å². The maximum Gasteiger partial charge on any atom is 0.190 e. The number of allylic oxidation sites excluding steroid dienone is 3. The summed E-state index contributed by atoms with van der Waals surface area (Å²) in [4.78, 5) is 38.3. The van der Waals surface area contributed by atoms with Gasteiger partial charge in [0.05, 0.1) is 19.6 Å². The number of ketones is 3. The Morgan fingerprint density at radius 3 is 2.19 bits per heavy atom. The molecule has 3 rings (SSSR count). The summed E-state index contributed by atoms with van der Waals surface area (Å²) >= 11 is 0. The molecule has 2 aliphatic rings. The Morgan fingerprint density at radius 1 is 1.07 bits per heavy atom. The van der Waals surface area contributed by atoms with Crippen molar-refractivity contribution in [2.45, 2.75) is 45.3 Å². The van der Waals surface area contributed by atoms with Crippen molar-refractivity contribution in [3.05, 3.63) is 58.7 Å². The molecule has 0 radical (unpaired) electrons. The number of ether oxygens (including phenoxy) is 2. The van der Waals surface area contributed by atoms with Crippen molar-refractivity contribution in [1.29, 1.82) is 0 Å². The summed E-state index contributed by atoms with van der Waals surface area (Å²) in [6.07, 6.45) is 0.871. The Balaban J connectivity index is 1.81. The Bertz CT molecular complexity index is 840. The van der Waals surface area contributed by atoms with E-state index in [9.17, 15) is 14.4 Å². The van der Waals surface area contributed by atoms with Crippen LogP contribution in [-0.4, -0.2) is 36.4 Å². The molecular formula is C22H24O5. The van der Waals surface area contributed by atoms with Crippen LogP contribution in [0.15, 0.2) is 47.6 Å². The van der Waals surface area contributed by atoms with Gasteiger partial charge in [0.1, 0.15) is 5.78 Å². The number of Topliss-reactive ketones (excluding diaryl/α,β-unsaturated/α-hetero) is 3. The van der Waals surface area contributed by atoms with Crippen molar-refractivity contribution in [3.63, 3.8) is 0 Å². The van der Waals surface area contributed by atoms with Gasteiger partial charge in [0.15, 0.2) is 17.4 Å². The zero-order valence-electron chi connectivity index (χ0n) is 15.8. The average molecular weight is 368 g/mol. The predicted octanol–water partition coefficient (Wildman–Crippen LogP) is 3.83.